The summed E-state index contributed by atoms with van der Waals surface area (Å²) >= 11 is 0. The number of hydrogen-bond acceptors (Lipinski definition) is 5. The Morgan fingerprint density at radius 3 is 2.50 bits per heavy atom. The van der Waals surface area contributed by atoms with Gasteiger partial charge in [0.15, 0.2) is 0 Å². The van der Waals surface area contributed by atoms with E-state index in [9.17, 15) is 4.79 Å². The fourth-order valence-electron chi connectivity index (χ4n) is 2.38. The Balaban J connectivity index is 1.64. The molecular weight excluding hydrogens is 330 g/mol. The van der Waals surface area contributed by atoms with Gasteiger partial charge in [-0.1, -0.05) is 30.3 Å². The summed E-state index contributed by atoms with van der Waals surface area (Å²) in [4.78, 5) is 15.5. The summed E-state index contributed by atoms with van der Waals surface area (Å²) in [7, 11) is 1.33. The van der Waals surface area contributed by atoms with Crippen LogP contribution in [-0.4, -0.2) is 18.1 Å². The van der Waals surface area contributed by atoms with Crippen molar-refractivity contribution in [3.8, 4) is 17.4 Å². The number of ether oxygens (including phenoxy) is 3. The third-order valence-corrected chi connectivity index (χ3v) is 3.76. The van der Waals surface area contributed by atoms with Crippen molar-refractivity contribution >= 4 is 5.97 Å². The maximum Gasteiger partial charge on any atom is 0.339 e. The molecule has 3 aromatic rings. The van der Waals surface area contributed by atoms with Crippen LogP contribution in [0.2, 0.25) is 0 Å². The molecule has 0 radical (unpaired) electrons. The molecule has 0 aliphatic carbocycles. The molecule has 1 heterocycles. The van der Waals surface area contributed by atoms with Gasteiger partial charge in [-0.25, -0.2) is 9.78 Å². The minimum Gasteiger partial charge on any atom is -0.489 e. The Hall–Kier alpha value is -3.34. The molecule has 0 fully saturated rings. The van der Waals surface area contributed by atoms with Crippen molar-refractivity contribution in [3.05, 3.63) is 83.6 Å². The first-order chi connectivity index (χ1) is 12.7. The van der Waals surface area contributed by atoms with Crippen LogP contribution in [0.5, 0.6) is 17.4 Å². The number of esters is 1. The molecule has 0 amide bonds. The molecule has 0 unspecified atom stereocenters. The number of hydrogen-bond donors (Lipinski definition) is 0. The van der Waals surface area contributed by atoms with Crippen molar-refractivity contribution < 1.29 is 19.0 Å². The molecule has 0 saturated carbocycles. The summed E-state index contributed by atoms with van der Waals surface area (Å²) in [6.07, 6.45) is 1.42. The van der Waals surface area contributed by atoms with Crippen molar-refractivity contribution in [2.45, 2.75) is 13.5 Å². The lowest BCUT2D eigenvalue weighted by Gasteiger charge is -2.11. The van der Waals surface area contributed by atoms with Crippen molar-refractivity contribution in [1.82, 2.24) is 4.98 Å². The van der Waals surface area contributed by atoms with Crippen LogP contribution in [0.4, 0.5) is 0 Å². The minimum absolute atomic E-state index is 0.376. The highest BCUT2D eigenvalue weighted by Gasteiger charge is 2.08. The standard InChI is InChI=1S/C21H19NO4/c1-15-12-18(26-20-11-8-17(13-22-20)21(23)24-2)9-10-19(15)25-14-16-6-4-3-5-7-16/h3-13H,14H2,1-2H3. The molecule has 0 spiro atoms. The SMILES string of the molecule is COC(=O)c1ccc(Oc2ccc(OCc3ccccc3)c(C)c2)nc1. The first-order valence-corrected chi connectivity index (χ1v) is 8.15. The Labute approximate surface area is 152 Å². The summed E-state index contributed by atoms with van der Waals surface area (Å²) in [5.41, 5.74) is 2.45. The Morgan fingerprint density at radius 1 is 1.04 bits per heavy atom. The van der Waals surface area contributed by atoms with E-state index in [4.69, 9.17) is 9.47 Å². The van der Waals surface area contributed by atoms with Gasteiger partial charge in [0.2, 0.25) is 5.88 Å². The van der Waals surface area contributed by atoms with Crippen LogP contribution < -0.4 is 9.47 Å². The monoisotopic (exact) mass is 349 g/mol. The highest BCUT2D eigenvalue weighted by Crippen LogP contribution is 2.27. The molecule has 0 atom stereocenters. The predicted octanol–water partition coefficient (Wildman–Crippen LogP) is 4.55. The normalized spacial score (nSPS) is 10.2. The summed E-state index contributed by atoms with van der Waals surface area (Å²) in [6.45, 7) is 2.47. The van der Waals surface area contributed by atoms with Gasteiger partial charge >= 0.3 is 5.97 Å². The van der Waals surface area contributed by atoms with Crippen LogP contribution in [0, 0.1) is 6.92 Å². The van der Waals surface area contributed by atoms with Crippen molar-refractivity contribution in [1.29, 1.82) is 0 Å². The molecule has 3 rings (SSSR count). The van der Waals surface area contributed by atoms with Gasteiger partial charge in [-0.05, 0) is 42.3 Å². The third kappa shape index (κ3) is 4.39. The number of pyridine rings is 1. The van der Waals surface area contributed by atoms with Gasteiger partial charge < -0.3 is 14.2 Å². The predicted molar refractivity (Wildman–Crippen MR) is 97.6 cm³/mol. The van der Waals surface area contributed by atoms with Crippen LogP contribution >= 0.6 is 0 Å². The van der Waals surface area contributed by atoms with Crippen molar-refractivity contribution in [2.24, 2.45) is 0 Å². The topological polar surface area (TPSA) is 57.7 Å². The van der Waals surface area contributed by atoms with Gasteiger partial charge in [-0.15, -0.1) is 0 Å². The first-order valence-electron chi connectivity index (χ1n) is 8.15. The second-order valence-electron chi connectivity index (χ2n) is 5.68. The van der Waals surface area contributed by atoms with Gasteiger partial charge in [0.25, 0.3) is 0 Å². The Kier molecular flexibility index (Phi) is 5.49. The van der Waals surface area contributed by atoms with Gasteiger partial charge in [-0.3, -0.25) is 0 Å². The fourth-order valence-corrected chi connectivity index (χ4v) is 2.38. The van der Waals surface area contributed by atoms with E-state index in [2.05, 4.69) is 9.72 Å². The van der Waals surface area contributed by atoms with E-state index < -0.39 is 5.97 Å². The molecule has 0 saturated heterocycles. The molecule has 5 heteroatoms. The lowest BCUT2D eigenvalue weighted by Crippen LogP contribution is -2.01. The number of carbonyl (C=O) groups excluding carboxylic acids is 1. The summed E-state index contributed by atoms with van der Waals surface area (Å²) in [5, 5.41) is 0. The fraction of sp³-hybridized carbons (Fsp3) is 0.143. The summed E-state index contributed by atoms with van der Waals surface area (Å²) in [6, 6.07) is 18.8. The van der Waals surface area contributed by atoms with E-state index >= 15 is 0 Å². The lowest BCUT2D eigenvalue weighted by molar-refractivity contribution is 0.0600. The van der Waals surface area contributed by atoms with E-state index in [-0.39, 0.29) is 0 Å². The molecule has 2 aromatic carbocycles. The van der Waals surface area contributed by atoms with E-state index in [0.29, 0.717) is 23.8 Å². The minimum atomic E-state index is -0.431. The summed E-state index contributed by atoms with van der Waals surface area (Å²) < 4.78 is 16.2. The third-order valence-electron chi connectivity index (χ3n) is 3.76. The number of aryl methyl sites for hydroxylation is 1. The van der Waals surface area contributed by atoms with Gasteiger partial charge in [-0.2, -0.15) is 0 Å². The highest BCUT2D eigenvalue weighted by molar-refractivity contribution is 5.88. The second-order valence-corrected chi connectivity index (χ2v) is 5.68. The summed E-state index contributed by atoms with van der Waals surface area (Å²) in [5.74, 6) is 1.41. The van der Waals surface area contributed by atoms with Gasteiger partial charge in [0.1, 0.15) is 18.1 Å². The number of methoxy groups -OCH3 is 1. The number of benzene rings is 2. The van der Waals surface area contributed by atoms with Crippen LogP contribution in [0.3, 0.4) is 0 Å². The molecular formula is C21H19NO4. The zero-order valence-corrected chi connectivity index (χ0v) is 14.6. The van der Waals surface area contributed by atoms with E-state index in [1.165, 1.54) is 13.3 Å². The molecule has 0 bridgehead atoms. The average molecular weight is 349 g/mol. The largest absolute Gasteiger partial charge is 0.489 e. The first kappa shape index (κ1) is 17.5. The number of nitrogens with zero attached hydrogens (tertiary/aromatic N) is 1. The zero-order chi connectivity index (χ0) is 18.4. The maximum absolute atomic E-state index is 11.4. The van der Waals surface area contributed by atoms with Gasteiger partial charge in [0.05, 0.1) is 12.7 Å². The second kappa shape index (κ2) is 8.16. The molecule has 1 aromatic heterocycles. The number of aromatic nitrogens is 1. The lowest BCUT2D eigenvalue weighted by atomic mass is 10.2. The zero-order valence-electron chi connectivity index (χ0n) is 14.6. The van der Waals surface area contributed by atoms with E-state index in [1.807, 2.05) is 55.5 Å². The van der Waals surface area contributed by atoms with E-state index in [0.717, 1.165) is 16.9 Å². The van der Waals surface area contributed by atoms with Crippen molar-refractivity contribution in [2.75, 3.05) is 7.11 Å². The van der Waals surface area contributed by atoms with Crippen molar-refractivity contribution in [3.63, 3.8) is 0 Å². The molecule has 0 N–H and O–H groups in total. The molecule has 26 heavy (non-hydrogen) atoms. The molecule has 0 aliphatic rings. The molecule has 0 aliphatic heterocycles. The maximum atomic E-state index is 11.4. The van der Waals surface area contributed by atoms with Crippen LogP contribution in [0.25, 0.3) is 0 Å². The number of rotatable bonds is 6. The molecule has 5 nitrogen and oxygen atoms in total. The Morgan fingerprint density at radius 2 is 1.85 bits per heavy atom. The average Bonchev–Trinajstić information content (AvgIpc) is 2.68. The van der Waals surface area contributed by atoms with Crippen LogP contribution in [0.1, 0.15) is 21.5 Å². The smallest absolute Gasteiger partial charge is 0.339 e. The quantitative estimate of drug-likeness (QED) is 0.611. The van der Waals surface area contributed by atoms with Crippen LogP contribution in [0.15, 0.2) is 66.9 Å². The molecule has 132 valence electrons. The van der Waals surface area contributed by atoms with Gasteiger partial charge in [0, 0.05) is 12.3 Å². The Bertz CT molecular complexity index is 876. The van der Waals surface area contributed by atoms with E-state index in [1.54, 1.807) is 12.1 Å². The van der Waals surface area contributed by atoms with Crippen LogP contribution in [-0.2, 0) is 11.3 Å². The number of carbonyl (C=O) groups is 1. The highest BCUT2D eigenvalue weighted by atomic mass is 16.5.